The molecule has 1 unspecified atom stereocenters. The summed E-state index contributed by atoms with van der Waals surface area (Å²) in [6, 6.07) is 13.2. The molecule has 6 heteroatoms. The number of ether oxygens (including phenoxy) is 1. The van der Waals surface area contributed by atoms with Gasteiger partial charge in [-0.3, -0.25) is 0 Å². The van der Waals surface area contributed by atoms with Gasteiger partial charge in [0.2, 0.25) is 0 Å². The smallest absolute Gasteiger partial charge is 0.0945 e. The Morgan fingerprint density at radius 3 is 2.52 bits per heavy atom. The maximum Gasteiger partial charge on any atom is 0.0945 e. The van der Waals surface area contributed by atoms with Gasteiger partial charge in [-0.15, -0.1) is 0 Å². The lowest BCUT2D eigenvalue weighted by atomic mass is 10.1. The van der Waals surface area contributed by atoms with Gasteiger partial charge >= 0.3 is 0 Å². The molecule has 3 aromatic rings. The van der Waals surface area contributed by atoms with Gasteiger partial charge in [0.1, 0.15) is 0 Å². The predicted octanol–water partition coefficient (Wildman–Crippen LogP) is 6.70. The van der Waals surface area contributed by atoms with E-state index in [4.69, 9.17) is 39.5 Å². The van der Waals surface area contributed by atoms with Crippen molar-refractivity contribution in [3.05, 3.63) is 93.5 Å². The molecule has 0 bridgehead atoms. The molecule has 0 aliphatic rings. The van der Waals surface area contributed by atoms with Crippen molar-refractivity contribution >= 4 is 40.9 Å². The summed E-state index contributed by atoms with van der Waals surface area (Å²) in [7, 11) is 0. The number of hydrogen-bond donors (Lipinski definition) is 0. The first-order valence-electron chi connectivity index (χ1n) is 8.56. The van der Waals surface area contributed by atoms with E-state index in [9.17, 15) is 0 Å². The van der Waals surface area contributed by atoms with Gasteiger partial charge in [0, 0.05) is 34.0 Å². The number of imidazole rings is 1. The van der Waals surface area contributed by atoms with Crippen molar-refractivity contribution in [3.63, 3.8) is 0 Å². The van der Waals surface area contributed by atoms with E-state index in [1.807, 2.05) is 59.3 Å². The Kier molecular flexibility index (Phi) is 7.36. The lowest BCUT2D eigenvalue weighted by Gasteiger charge is -2.19. The van der Waals surface area contributed by atoms with Crippen molar-refractivity contribution in [1.82, 2.24) is 9.55 Å². The standard InChI is InChI=1S/C21H19Cl3N2O/c22-17-5-3-16(4-6-17)2-1-13-27-21(9-11-26-12-10-25-15-26)19-8-7-18(23)14-20(19)24/h1-8,10,12,14-15,21H,9,11,13H2/b2-1+. The van der Waals surface area contributed by atoms with Gasteiger partial charge in [0.15, 0.2) is 0 Å². The number of benzene rings is 2. The molecular weight excluding hydrogens is 403 g/mol. The van der Waals surface area contributed by atoms with E-state index < -0.39 is 0 Å². The summed E-state index contributed by atoms with van der Waals surface area (Å²) < 4.78 is 8.14. The van der Waals surface area contributed by atoms with E-state index >= 15 is 0 Å². The highest BCUT2D eigenvalue weighted by Crippen LogP contribution is 2.31. The van der Waals surface area contributed by atoms with E-state index in [1.54, 1.807) is 18.6 Å². The average molecular weight is 422 g/mol. The highest BCUT2D eigenvalue weighted by atomic mass is 35.5. The highest BCUT2D eigenvalue weighted by Gasteiger charge is 2.15. The number of halogens is 3. The quantitative estimate of drug-likeness (QED) is 0.404. The molecular formula is C21H19Cl3N2O. The molecule has 2 aromatic carbocycles. The van der Waals surface area contributed by atoms with E-state index in [0.717, 1.165) is 29.1 Å². The largest absolute Gasteiger partial charge is 0.369 e. The highest BCUT2D eigenvalue weighted by molar-refractivity contribution is 6.35. The zero-order valence-corrected chi connectivity index (χ0v) is 16.8. The van der Waals surface area contributed by atoms with Crippen molar-refractivity contribution in [3.8, 4) is 0 Å². The van der Waals surface area contributed by atoms with Crippen LogP contribution in [0.3, 0.4) is 0 Å². The molecule has 0 aliphatic heterocycles. The normalized spacial score (nSPS) is 12.6. The van der Waals surface area contributed by atoms with Gasteiger partial charge in [-0.2, -0.15) is 0 Å². The molecule has 0 spiro atoms. The molecule has 0 amide bonds. The van der Waals surface area contributed by atoms with Gasteiger partial charge in [-0.25, -0.2) is 4.98 Å². The molecule has 27 heavy (non-hydrogen) atoms. The fourth-order valence-electron chi connectivity index (χ4n) is 2.71. The van der Waals surface area contributed by atoms with Crippen LogP contribution < -0.4 is 0 Å². The molecule has 0 fully saturated rings. The first-order chi connectivity index (χ1) is 13.1. The summed E-state index contributed by atoms with van der Waals surface area (Å²) in [5, 5.41) is 1.94. The second-order valence-electron chi connectivity index (χ2n) is 6.03. The van der Waals surface area contributed by atoms with Crippen molar-refractivity contribution in [2.75, 3.05) is 6.61 Å². The second kappa shape index (κ2) is 9.95. The Bertz CT molecular complexity index is 877. The Hall–Kier alpha value is -1.78. The van der Waals surface area contributed by atoms with Crippen molar-refractivity contribution in [1.29, 1.82) is 0 Å². The molecule has 0 saturated carbocycles. The van der Waals surface area contributed by atoms with Gasteiger partial charge in [0.25, 0.3) is 0 Å². The Labute approximate surface area is 174 Å². The van der Waals surface area contributed by atoms with Crippen LogP contribution in [0.15, 0.2) is 67.3 Å². The van der Waals surface area contributed by atoms with Crippen LogP contribution in [0.1, 0.15) is 23.7 Å². The Balaban J connectivity index is 1.66. The molecule has 1 atom stereocenters. The third-order valence-electron chi connectivity index (χ3n) is 4.09. The first kappa shape index (κ1) is 20.0. The summed E-state index contributed by atoms with van der Waals surface area (Å²) in [4.78, 5) is 4.08. The number of aromatic nitrogens is 2. The zero-order chi connectivity index (χ0) is 19.1. The Morgan fingerprint density at radius 2 is 1.81 bits per heavy atom. The molecule has 3 rings (SSSR count). The van der Waals surface area contributed by atoms with Crippen LogP contribution in [0, 0.1) is 0 Å². The van der Waals surface area contributed by atoms with Gasteiger partial charge in [0.05, 0.1) is 19.0 Å². The minimum absolute atomic E-state index is 0.146. The first-order valence-corrected chi connectivity index (χ1v) is 9.69. The minimum atomic E-state index is -0.146. The zero-order valence-electron chi connectivity index (χ0n) is 14.6. The van der Waals surface area contributed by atoms with Crippen molar-refractivity contribution < 1.29 is 4.74 Å². The molecule has 1 aromatic heterocycles. The lowest BCUT2D eigenvalue weighted by molar-refractivity contribution is 0.0643. The van der Waals surface area contributed by atoms with Crippen LogP contribution in [0.2, 0.25) is 15.1 Å². The molecule has 0 saturated heterocycles. The topological polar surface area (TPSA) is 27.1 Å². The number of aryl methyl sites for hydroxylation is 1. The van der Waals surface area contributed by atoms with E-state index in [-0.39, 0.29) is 6.10 Å². The van der Waals surface area contributed by atoms with Crippen LogP contribution >= 0.6 is 34.8 Å². The minimum Gasteiger partial charge on any atom is -0.369 e. The van der Waals surface area contributed by atoms with Crippen LogP contribution in [0.25, 0.3) is 6.08 Å². The summed E-state index contributed by atoms with van der Waals surface area (Å²) in [5.41, 5.74) is 2.00. The molecule has 140 valence electrons. The van der Waals surface area contributed by atoms with Gasteiger partial charge < -0.3 is 9.30 Å². The molecule has 1 heterocycles. The third kappa shape index (κ3) is 6.12. The lowest BCUT2D eigenvalue weighted by Crippen LogP contribution is -2.09. The maximum absolute atomic E-state index is 6.39. The second-order valence-corrected chi connectivity index (χ2v) is 7.31. The molecule has 0 aliphatic carbocycles. The fourth-order valence-corrected chi connectivity index (χ4v) is 3.36. The van der Waals surface area contributed by atoms with E-state index in [2.05, 4.69) is 4.98 Å². The van der Waals surface area contributed by atoms with Gasteiger partial charge in [-0.05, 0) is 41.8 Å². The van der Waals surface area contributed by atoms with Crippen molar-refractivity contribution in [2.45, 2.75) is 19.1 Å². The summed E-state index contributed by atoms with van der Waals surface area (Å²) in [6.45, 7) is 1.25. The predicted molar refractivity (Wildman–Crippen MR) is 112 cm³/mol. The van der Waals surface area contributed by atoms with Crippen LogP contribution in [0.4, 0.5) is 0 Å². The third-order valence-corrected chi connectivity index (χ3v) is 4.91. The average Bonchev–Trinajstić information content (AvgIpc) is 3.17. The SMILES string of the molecule is Clc1ccc(/C=C/COC(CCn2ccnc2)c2ccc(Cl)cc2Cl)cc1. The van der Waals surface area contributed by atoms with Gasteiger partial charge in [-0.1, -0.05) is 65.2 Å². The van der Waals surface area contributed by atoms with Crippen LogP contribution in [-0.4, -0.2) is 16.2 Å². The van der Waals surface area contributed by atoms with E-state index in [0.29, 0.717) is 16.7 Å². The number of nitrogens with zero attached hydrogens (tertiary/aromatic N) is 2. The molecule has 0 N–H and O–H groups in total. The summed E-state index contributed by atoms with van der Waals surface area (Å²) in [6.07, 6.45) is 10.1. The summed E-state index contributed by atoms with van der Waals surface area (Å²) in [5.74, 6) is 0. The summed E-state index contributed by atoms with van der Waals surface area (Å²) >= 11 is 18.3. The Morgan fingerprint density at radius 1 is 1.04 bits per heavy atom. The fraction of sp³-hybridized carbons (Fsp3) is 0.190. The van der Waals surface area contributed by atoms with Crippen LogP contribution in [0.5, 0.6) is 0 Å². The number of hydrogen-bond acceptors (Lipinski definition) is 2. The van der Waals surface area contributed by atoms with Crippen LogP contribution in [-0.2, 0) is 11.3 Å². The monoisotopic (exact) mass is 420 g/mol. The van der Waals surface area contributed by atoms with E-state index in [1.165, 1.54) is 0 Å². The maximum atomic E-state index is 6.39. The number of rotatable bonds is 8. The molecule has 3 nitrogen and oxygen atoms in total. The molecule has 0 radical (unpaired) electrons. The van der Waals surface area contributed by atoms with Crippen molar-refractivity contribution in [2.24, 2.45) is 0 Å².